The lowest BCUT2D eigenvalue weighted by molar-refractivity contribution is -0.158. The SMILES string of the molecule is C[C@H](NC(=O)[C@H](CCCCNC(=O)OCc1ccccc1)NC(=O)OCC1c2ccccc2-c2ccccc21)C(=O)N[C@@H](C)C(=O)OC(C)(C)C. The highest BCUT2D eigenvalue weighted by atomic mass is 16.6. The summed E-state index contributed by atoms with van der Waals surface area (Å²) in [6.07, 6.45) is -0.225. The summed E-state index contributed by atoms with van der Waals surface area (Å²) in [5.41, 5.74) is 4.41. The van der Waals surface area contributed by atoms with Gasteiger partial charge in [-0.1, -0.05) is 78.9 Å². The number of hydrogen-bond acceptors (Lipinski definition) is 8. The highest BCUT2D eigenvalue weighted by molar-refractivity contribution is 5.92. The molecule has 272 valence electrons. The summed E-state index contributed by atoms with van der Waals surface area (Å²) >= 11 is 0. The molecule has 0 saturated carbocycles. The Kier molecular flexibility index (Phi) is 13.6. The van der Waals surface area contributed by atoms with Crippen LogP contribution in [0.5, 0.6) is 0 Å². The van der Waals surface area contributed by atoms with E-state index >= 15 is 0 Å². The number of carbonyl (C=O) groups is 5. The Morgan fingerprint density at radius 1 is 0.686 bits per heavy atom. The predicted octanol–water partition coefficient (Wildman–Crippen LogP) is 5.34. The van der Waals surface area contributed by atoms with Gasteiger partial charge >= 0.3 is 18.2 Å². The van der Waals surface area contributed by atoms with Crippen LogP contribution in [0.2, 0.25) is 0 Å². The van der Waals surface area contributed by atoms with E-state index in [9.17, 15) is 24.0 Å². The highest BCUT2D eigenvalue weighted by Gasteiger charge is 2.31. The quantitative estimate of drug-likeness (QED) is 0.0939. The van der Waals surface area contributed by atoms with Crippen molar-refractivity contribution in [2.45, 2.75) is 90.1 Å². The molecule has 3 aromatic carbocycles. The number of alkyl carbamates (subject to hydrolysis) is 2. The van der Waals surface area contributed by atoms with E-state index in [0.717, 1.165) is 27.8 Å². The number of benzene rings is 3. The van der Waals surface area contributed by atoms with Crippen LogP contribution in [-0.4, -0.2) is 66.8 Å². The third-order valence-corrected chi connectivity index (χ3v) is 8.23. The van der Waals surface area contributed by atoms with Crippen LogP contribution in [0.1, 0.15) is 76.5 Å². The molecule has 4 N–H and O–H groups in total. The molecule has 1 aliphatic carbocycles. The van der Waals surface area contributed by atoms with Gasteiger partial charge in [0.25, 0.3) is 0 Å². The molecule has 3 aromatic rings. The number of carbonyl (C=O) groups excluding carboxylic acids is 5. The molecule has 0 spiro atoms. The van der Waals surface area contributed by atoms with Crippen LogP contribution in [-0.2, 0) is 35.2 Å². The first-order valence-electron chi connectivity index (χ1n) is 17.2. The van der Waals surface area contributed by atoms with Gasteiger partial charge in [-0.15, -0.1) is 0 Å². The molecule has 0 heterocycles. The van der Waals surface area contributed by atoms with Crippen molar-refractivity contribution in [3.05, 3.63) is 95.6 Å². The largest absolute Gasteiger partial charge is 0.458 e. The number of hydrogen-bond donors (Lipinski definition) is 4. The maximum Gasteiger partial charge on any atom is 0.407 e. The third kappa shape index (κ3) is 11.6. The minimum Gasteiger partial charge on any atom is -0.458 e. The molecule has 1 aliphatic rings. The summed E-state index contributed by atoms with van der Waals surface area (Å²) in [4.78, 5) is 63.9. The van der Waals surface area contributed by atoms with Gasteiger partial charge in [0.2, 0.25) is 11.8 Å². The van der Waals surface area contributed by atoms with E-state index in [0.29, 0.717) is 12.8 Å². The smallest absolute Gasteiger partial charge is 0.407 e. The topological polar surface area (TPSA) is 161 Å². The summed E-state index contributed by atoms with van der Waals surface area (Å²) in [6, 6.07) is 22.2. The van der Waals surface area contributed by atoms with Gasteiger partial charge in [-0.2, -0.15) is 0 Å². The van der Waals surface area contributed by atoms with E-state index in [2.05, 4.69) is 21.3 Å². The van der Waals surface area contributed by atoms with Crippen molar-refractivity contribution < 1.29 is 38.2 Å². The molecule has 0 radical (unpaired) electrons. The van der Waals surface area contributed by atoms with E-state index in [1.807, 2.05) is 78.9 Å². The first-order chi connectivity index (χ1) is 24.3. The Morgan fingerprint density at radius 2 is 1.27 bits per heavy atom. The highest BCUT2D eigenvalue weighted by Crippen LogP contribution is 2.44. The fourth-order valence-corrected chi connectivity index (χ4v) is 5.66. The molecule has 0 fully saturated rings. The number of esters is 1. The molecule has 3 atom stereocenters. The summed E-state index contributed by atoms with van der Waals surface area (Å²) in [5.74, 6) is -1.98. The van der Waals surface area contributed by atoms with Crippen LogP contribution >= 0.6 is 0 Å². The first kappa shape index (κ1) is 38.4. The van der Waals surface area contributed by atoms with E-state index in [4.69, 9.17) is 14.2 Å². The summed E-state index contributed by atoms with van der Waals surface area (Å²) in [7, 11) is 0. The average molecular weight is 701 g/mol. The number of rotatable bonds is 15. The third-order valence-electron chi connectivity index (χ3n) is 8.23. The lowest BCUT2D eigenvalue weighted by Gasteiger charge is -2.24. The maximum atomic E-state index is 13.4. The monoisotopic (exact) mass is 700 g/mol. The number of amides is 4. The Bertz CT molecular complexity index is 1630. The summed E-state index contributed by atoms with van der Waals surface area (Å²) in [5, 5.41) is 10.5. The van der Waals surface area contributed by atoms with Crippen LogP contribution in [0.3, 0.4) is 0 Å². The first-order valence-corrected chi connectivity index (χ1v) is 17.2. The normalized spacial score (nSPS) is 13.7. The second-order valence-corrected chi connectivity index (χ2v) is 13.5. The number of fused-ring (bicyclic) bond motifs is 3. The molecular weight excluding hydrogens is 652 g/mol. The fourth-order valence-electron chi connectivity index (χ4n) is 5.66. The van der Waals surface area contributed by atoms with Gasteiger partial charge in [-0.3, -0.25) is 9.59 Å². The molecule has 0 unspecified atom stereocenters. The van der Waals surface area contributed by atoms with Gasteiger partial charge in [0.1, 0.15) is 36.9 Å². The number of ether oxygens (including phenoxy) is 3. The second-order valence-electron chi connectivity index (χ2n) is 13.5. The minimum atomic E-state index is -1.05. The van der Waals surface area contributed by atoms with Crippen LogP contribution in [0.15, 0.2) is 78.9 Å². The molecule has 12 nitrogen and oxygen atoms in total. The summed E-state index contributed by atoms with van der Waals surface area (Å²) < 4.78 is 16.2. The Balaban J connectivity index is 1.32. The van der Waals surface area contributed by atoms with Crippen molar-refractivity contribution in [3.63, 3.8) is 0 Å². The molecule has 51 heavy (non-hydrogen) atoms. The Hall–Kier alpha value is -5.39. The molecule has 4 rings (SSSR count). The number of unbranched alkanes of at least 4 members (excludes halogenated alkanes) is 1. The standard InChI is InChI=1S/C39H48N4O8/c1-25(34(44)42-26(2)36(46)51-39(3,4)5)41-35(45)33(21-13-14-22-40-37(47)49-23-27-15-7-6-8-16-27)43-38(48)50-24-32-30-19-11-9-17-28(30)29-18-10-12-20-31(29)32/h6-12,15-20,25-26,32-33H,13-14,21-24H2,1-5H3,(H,40,47)(H,41,45)(H,42,44)(H,43,48)/t25-,26-,33-/m0/s1. The molecular formula is C39H48N4O8. The maximum absolute atomic E-state index is 13.4. The predicted molar refractivity (Wildman–Crippen MR) is 192 cm³/mol. The Labute approximate surface area is 299 Å². The molecule has 0 bridgehead atoms. The van der Waals surface area contributed by atoms with E-state index in [-0.39, 0.29) is 32.1 Å². The van der Waals surface area contributed by atoms with Crippen LogP contribution in [0.4, 0.5) is 9.59 Å². The van der Waals surface area contributed by atoms with Gasteiger partial charge in [0, 0.05) is 12.5 Å². The van der Waals surface area contributed by atoms with Crippen LogP contribution < -0.4 is 21.3 Å². The van der Waals surface area contributed by atoms with Gasteiger partial charge in [0.05, 0.1) is 0 Å². The van der Waals surface area contributed by atoms with Crippen molar-refractivity contribution in [3.8, 4) is 11.1 Å². The molecule has 12 heteroatoms. The molecule has 0 saturated heterocycles. The van der Waals surface area contributed by atoms with Crippen molar-refractivity contribution in [1.82, 2.24) is 21.3 Å². The molecule has 0 aliphatic heterocycles. The minimum absolute atomic E-state index is 0.0601. The van der Waals surface area contributed by atoms with Gasteiger partial charge in [0.15, 0.2) is 0 Å². The van der Waals surface area contributed by atoms with Gasteiger partial charge in [-0.25, -0.2) is 14.4 Å². The van der Waals surface area contributed by atoms with E-state index in [1.165, 1.54) is 13.8 Å². The van der Waals surface area contributed by atoms with Gasteiger partial charge in [-0.05, 0) is 81.7 Å². The van der Waals surface area contributed by atoms with E-state index in [1.54, 1.807) is 20.8 Å². The average Bonchev–Trinajstić information content (AvgIpc) is 3.42. The lowest BCUT2D eigenvalue weighted by atomic mass is 9.98. The molecule has 0 aromatic heterocycles. The number of nitrogens with one attached hydrogen (secondary N) is 4. The summed E-state index contributed by atoms with van der Waals surface area (Å²) in [6.45, 7) is 8.62. The van der Waals surface area contributed by atoms with Crippen molar-refractivity contribution in [1.29, 1.82) is 0 Å². The van der Waals surface area contributed by atoms with E-state index < -0.39 is 53.7 Å². The zero-order valence-corrected chi connectivity index (χ0v) is 29.8. The zero-order chi connectivity index (χ0) is 37.0. The second kappa shape index (κ2) is 18.0. The van der Waals surface area contributed by atoms with Crippen LogP contribution in [0, 0.1) is 0 Å². The fraction of sp³-hybridized carbons (Fsp3) is 0.410. The van der Waals surface area contributed by atoms with Crippen LogP contribution in [0.25, 0.3) is 11.1 Å². The van der Waals surface area contributed by atoms with Gasteiger partial charge < -0.3 is 35.5 Å². The van der Waals surface area contributed by atoms with Crippen molar-refractivity contribution in [2.75, 3.05) is 13.2 Å². The van der Waals surface area contributed by atoms with Crippen molar-refractivity contribution in [2.24, 2.45) is 0 Å². The Morgan fingerprint density at radius 3 is 1.90 bits per heavy atom. The zero-order valence-electron chi connectivity index (χ0n) is 29.8. The lowest BCUT2D eigenvalue weighted by Crippen LogP contribution is -2.54. The molecule has 4 amide bonds. The van der Waals surface area contributed by atoms with Crippen molar-refractivity contribution >= 4 is 30.0 Å².